The van der Waals surface area contributed by atoms with Gasteiger partial charge in [-0.1, -0.05) is 271 Å². The van der Waals surface area contributed by atoms with Crippen molar-refractivity contribution >= 4 is 17.9 Å². The summed E-state index contributed by atoms with van der Waals surface area (Å²) in [6.45, 7) is 6.49. The van der Waals surface area contributed by atoms with E-state index < -0.39 is 6.10 Å². The van der Waals surface area contributed by atoms with E-state index in [0.29, 0.717) is 19.3 Å². The molecule has 1 unspecified atom stereocenters. The molecule has 450 valence electrons. The van der Waals surface area contributed by atoms with E-state index in [4.69, 9.17) is 14.2 Å². The zero-order valence-electron chi connectivity index (χ0n) is 51.6. The lowest BCUT2D eigenvalue weighted by atomic mass is 10.1. The molecule has 0 aliphatic heterocycles. The first-order valence-electron chi connectivity index (χ1n) is 33.0. The Hall–Kier alpha value is -4.19. The van der Waals surface area contributed by atoms with E-state index in [0.717, 1.165) is 135 Å². The maximum atomic E-state index is 12.9. The van der Waals surface area contributed by atoms with Gasteiger partial charge in [0, 0.05) is 19.3 Å². The lowest BCUT2D eigenvalue weighted by molar-refractivity contribution is -0.167. The highest BCUT2D eigenvalue weighted by molar-refractivity contribution is 5.71. The molecule has 0 aliphatic rings. The van der Waals surface area contributed by atoms with Gasteiger partial charge in [0.05, 0.1) is 0 Å². The number of ether oxygens (including phenoxy) is 3. The molecule has 0 aromatic carbocycles. The SMILES string of the molecule is CC/C=C\C/C=C\C/C=C\C/C=C\C/C=C\C/C=C\C/C=C\CCCCCCCC(=O)OCC(COC(=O)CCCCCCC/C=C\CCCCCCCC)OC(=O)CCCCCCCCCCC/C=C\C/C=C\CCCCC. The fourth-order valence-electron chi connectivity index (χ4n) is 8.98. The quantitative estimate of drug-likeness (QED) is 0.0261. The Bertz CT molecular complexity index is 1640. The van der Waals surface area contributed by atoms with E-state index in [1.165, 1.54) is 128 Å². The molecule has 0 amide bonds. The molecule has 0 bridgehead atoms. The molecule has 0 aromatic heterocycles. The van der Waals surface area contributed by atoms with Gasteiger partial charge >= 0.3 is 17.9 Å². The van der Waals surface area contributed by atoms with Crippen LogP contribution in [-0.2, 0) is 28.6 Å². The van der Waals surface area contributed by atoms with Gasteiger partial charge < -0.3 is 14.2 Å². The van der Waals surface area contributed by atoms with Crippen LogP contribution in [0.5, 0.6) is 0 Å². The van der Waals surface area contributed by atoms with Crippen molar-refractivity contribution in [3.05, 3.63) is 122 Å². The Morgan fingerprint density at radius 2 is 0.494 bits per heavy atom. The molecular formula is C73H122O6. The molecule has 0 saturated heterocycles. The number of carbonyl (C=O) groups excluding carboxylic acids is 3. The molecule has 0 fully saturated rings. The normalized spacial score (nSPS) is 12.9. The van der Waals surface area contributed by atoms with Gasteiger partial charge in [-0.2, -0.15) is 0 Å². The number of hydrogen-bond acceptors (Lipinski definition) is 6. The third-order valence-electron chi connectivity index (χ3n) is 13.9. The molecule has 0 rings (SSSR count). The number of rotatable bonds is 59. The summed E-state index contributed by atoms with van der Waals surface area (Å²) in [5, 5.41) is 0. The molecule has 6 heteroatoms. The summed E-state index contributed by atoms with van der Waals surface area (Å²) in [4.78, 5) is 38.4. The van der Waals surface area contributed by atoms with Gasteiger partial charge in [-0.15, -0.1) is 0 Å². The smallest absolute Gasteiger partial charge is 0.306 e. The zero-order chi connectivity index (χ0) is 57.1. The van der Waals surface area contributed by atoms with Gasteiger partial charge in [-0.3, -0.25) is 14.4 Å². The molecule has 79 heavy (non-hydrogen) atoms. The molecule has 0 aromatic rings. The first-order chi connectivity index (χ1) is 39.0. The second-order valence-corrected chi connectivity index (χ2v) is 21.6. The van der Waals surface area contributed by atoms with Crippen molar-refractivity contribution in [3.8, 4) is 0 Å². The highest BCUT2D eigenvalue weighted by Crippen LogP contribution is 2.15. The van der Waals surface area contributed by atoms with E-state index in [2.05, 4.69) is 142 Å². The van der Waals surface area contributed by atoms with Crippen molar-refractivity contribution in [2.24, 2.45) is 0 Å². The minimum Gasteiger partial charge on any atom is -0.462 e. The monoisotopic (exact) mass is 1090 g/mol. The minimum absolute atomic E-state index is 0.0917. The minimum atomic E-state index is -0.797. The number of carbonyl (C=O) groups is 3. The van der Waals surface area contributed by atoms with Crippen molar-refractivity contribution in [1.82, 2.24) is 0 Å². The molecule has 0 radical (unpaired) electrons. The second kappa shape index (κ2) is 66.3. The standard InChI is InChI=1S/C73H122O6/c1-4-7-10-13-16-19-22-25-28-30-32-33-34-35-36-37-38-39-41-42-45-48-51-54-57-60-63-66-72(75)78-69-70(68-77-71(74)65-62-59-56-53-50-47-44-27-24-21-18-15-12-9-6-3)79-73(76)67-64-61-58-55-52-49-46-43-40-31-29-26-23-20-17-14-11-8-5-2/h7,10,16-17,19-20,25-29,32-33,35-36,38-39,42,44-45,70H,4-6,8-9,11-15,18,21-24,30-31,34,37,40-41,43,46-69H2,1-3H3/b10-7-,19-16-,20-17-,28-25-,29-26-,33-32-,36-35-,39-38-,44-27-,45-42-. The van der Waals surface area contributed by atoms with E-state index in [-0.39, 0.29) is 31.1 Å². The summed E-state index contributed by atoms with van der Waals surface area (Å²) >= 11 is 0. The summed E-state index contributed by atoms with van der Waals surface area (Å²) in [5.74, 6) is -0.917. The predicted molar refractivity (Wildman–Crippen MR) is 343 cm³/mol. The number of esters is 3. The topological polar surface area (TPSA) is 78.9 Å². The van der Waals surface area contributed by atoms with Crippen molar-refractivity contribution in [1.29, 1.82) is 0 Å². The molecule has 6 nitrogen and oxygen atoms in total. The van der Waals surface area contributed by atoms with Gasteiger partial charge in [0.2, 0.25) is 0 Å². The number of hydrogen-bond donors (Lipinski definition) is 0. The molecule has 0 N–H and O–H groups in total. The summed E-state index contributed by atoms with van der Waals surface area (Å²) in [6.07, 6.45) is 92.0. The molecule has 0 aliphatic carbocycles. The summed E-state index contributed by atoms with van der Waals surface area (Å²) in [5.41, 5.74) is 0. The largest absolute Gasteiger partial charge is 0.462 e. The van der Waals surface area contributed by atoms with Gasteiger partial charge in [0.25, 0.3) is 0 Å². The van der Waals surface area contributed by atoms with Crippen LogP contribution in [0.25, 0.3) is 0 Å². The van der Waals surface area contributed by atoms with Crippen LogP contribution >= 0.6 is 0 Å². The summed E-state index contributed by atoms with van der Waals surface area (Å²) in [7, 11) is 0. The Balaban J connectivity index is 4.42. The molecule has 0 saturated carbocycles. The summed E-state index contributed by atoms with van der Waals surface area (Å²) < 4.78 is 16.9. The van der Waals surface area contributed by atoms with Crippen LogP contribution < -0.4 is 0 Å². The Kier molecular flexibility index (Phi) is 62.8. The van der Waals surface area contributed by atoms with Gasteiger partial charge in [0.1, 0.15) is 13.2 Å². The van der Waals surface area contributed by atoms with Crippen LogP contribution in [0.15, 0.2) is 122 Å². The maximum Gasteiger partial charge on any atom is 0.306 e. The van der Waals surface area contributed by atoms with E-state index in [1.54, 1.807) is 0 Å². The Labute approximate surface area is 488 Å². The first-order valence-corrected chi connectivity index (χ1v) is 33.0. The molecule has 0 spiro atoms. The lowest BCUT2D eigenvalue weighted by Crippen LogP contribution is -2.30. The van der Waals surface area contributed by atoms with Crippen LogP contribution in [0.1, 0.15) is 303 Å². The van der Waals surface area contributed by atoms with Crippen LogP contribution in [0.4, 0.5) is 0 Å². The highest BCUT2D eigenvalue weighted by atomic mass is 16.6. The van der Waals surface area contributed by atoms with Crippen LogP contribution in [0.2, 0.25) is 0 Å². The highest BCUT2D eigenvalue weighted by Gasteiger charge is 2.19. The van der Waals surface area contributed by atoms with Gasteiger partial charge in [-0.25, -0.2) is 0 Å². The van der Waals surface area contributed by atoms with E-state index in [9.17, 15) is 14.4 Å². The molecule has 1 atom stereocenters. The lowest BCUT2D eigenvalue weighted by Gasteiger charge is -2.18. The Morgan fingerprint density at radius 3 is 0.810 bits per heavy atom. The average molecular weight is 1100 g/mol. The van der Waals surface area contributed by atoms with Crippen molar-refractivity contribution in [3.63, 3.8) is 0 Å². The van der Waals surface area contributed by atoms with E-state index >= 15 is 0 Å². The zero-order valence-corrected chi connectivity index (χ0v) is 51.6. The predicted octanol–water partition coefficient (Wildman–Crippen LogP) is 22.8. The second-order valence-electron chi connectivity index (χ2n) is 21.6. The maximum absolute atomic E-state index is 12.9. The van der Waals surface area contributed by atoms with Crippen molar-refractivity contribution in [2.45, 2.75) is 309 Å². The fourth-order valence-corrected chi connectivity index (χ4v) is 8.98. The van der Waals surface area contributed by atoms with Gasteiger partial charge in [-0.05, 0) is 135 Å². The van der Waals surface area contributed by atoms with Crippen LogP contribution in [0.3, 0.4) is 0 Å². The molecular weight excluding hydrogens is 973 g/mol. The van der Waals surface area contributed by atoms with Crippen LogP contribution in [-0.4, -0.2) is 37.2 Å². The van der Waals surface area contributed by atoms with Crippen LogP contribution in [0, 0.1) is 0 Å². The van der Waals surface area contributed by atoms with Crippen molar-refractivity contribution < 1.29 is 28.6 Å². The Morgan fingerprint density at radius 1 is 0.266 bits per heavy atom. The fraction of sp³-hybridized carbons (Fsp3) is 0.685. The van der Waals surface area contributed by atoms with E-state index in [1.807, 2.05) is 0 Å². The third-order valence-corrected chi connectivity index (χ3v) is 13.9. The number of unbranched alkanes of at least 4 members (excludes halogenated alkanes) is 28. The van der Waals surface area contributed by atoms with Crippen molar-refractivity contribution in [2.75, 3.05) is 13.2 Å². The van der Waals surface area contributed by atoms with Gasteiger partial charge in [0.15, 0.2) is 6.10 Å². The number of allylic oxidation sites excluding steroid dienone is 20. The molecule has 0 heterocycles. The average Bonchev–Trinajstić information content (AvgIpc) is 3.45. The first kappa shape index (κ1) is 74.8. The summed E-state index contributed by atoms with van der Waals surface area (Å²) in [6, 6.07) is 0. The third kappa shape index (κ3) is 64.5.